The van der Waals surface area contributed by atoms with E-state index in [0.29, 0.717) is 32.2 Å². The molecule has 5 heteroatoms. The number of likely N-dealkylation sites (N-methyl/N-ethyl adjacent to an activating group) is 1. The maximum absolute atomic E-state index is 12.0. The lowest BCUT2D eigenvalue weighted by Crippen LogP contribution is -2.48. The molecule has 5 nitrogen and oxygen atoms in total. The van der Waals surface area contributed by atoms with E-state index >= 15 is 0 Å². The van der Waals surface area contributed by atoms with Gasteiger partial charge in [-0.2, -0.15) is 0 Å². The molecule has 0 aromatic rings. The minimum atomic E-state index is 0.212. The van der Waals surface area contributed by atoms with E-state index < -0.39 is 0 Å². The summed E-state index contributed by atoms with van der Waals surface area (Å²) in [5, 5.41) is 0. The molecule has 1 rings (SSSR count). The second-order valence-corrected chi connectivity index (χ2v) is 5.65. The van der Waals surface area contributed by atoms with Gasteiger partial charge in [0.05, 0.1) is 26.2 Å². The van der Waals surface area contributed by atoms with Crippen molar-refractivity contribution in [3.8, 4) is 0 Å². The highest BCUT2D eigenvalue weighted by Gasteiger charge is 2.19. The summed E-state index contributed by atoms with van der Waals surface area (Å²) in [7, 11) is 0. The van der Waals surface area contributed by atoms with Crippen LogP contribution in [0.4, 0.5) is 0 Å². The summed E-state index contributed by atoms with van der Waals surface area (Å²) in [5.41, 5.74) is 0. The first-order valence-corrected chi connectivity index (χ1v) is 7.79. The van der Waals surface area contributed by atoms with Crippen molar-refractivity contribution in [3.05, 3.63) is 0 Å². The Morgan fingerprint density at radius 3 is 2.30 bits per heavy atom. The van der Waals surface area contributed by atoms with Crippen molar-refractivity contribution < 1.29 is 14.3 Å². The number of piperazine rings is 1. The molecule has 0 aromatic carbocycles. The van der Waals surface area contributed by atoms with E-state index in [1.54, 1.807) is 0 Å². The largest absolute Gasteiger partial charge is 0.379 e. The van der Waals surface area contributed by atoms with Gasteiger partial charge in [0.2, 0.25) is 5.91 Å². The molecule has 1 saturated heterocycles. The zero-order chi connectivity index (χ0) is 14.8. The lowest BCUT2D eigenvalue weighted by molar-refractivity contribution is -0.134. The van der Waals surface area contributed by atoms with Gasteiger partial charge in [-0.3, -0.25) is 4.79 Å². The molecule has 0 aromatic heterocycles. The quantitative estimate of drug-likeness (QED) is 0.598. The molecule has 118 valence electrons. The Hall–Kier alpha value is -0.650. The van der Waals surface area contributed by atoms with Gasteiger partial charge in [-0.05, 0) is 12.5 Å². The van der Waals surface area contributed by atoms with Crippen LogP contribution in [0.3, 0.4) is 0 Å². The van der Waals surface area contributed by atoms with E-state index in [1.165, 1.54) is 0 Å². The standard InChI is InChI=1S/C15H30N2O3/c1-4-16-6-8-17(9-7-16)15(18)5-10-19-11-12-20-13-14(2)3/h14H,4-13H2,1-3H3. The molecule has 1 fully saturated rings. The fourth-order valence-corrected chi connectivity index (χ4v) is 2.17. The number of hydrogen-bond donors (Lipinski definition) is 0. The van der Waals surface area contributed by atoms with Crippen LogP contribution in [0.5, 0.6) is 0 Å². The van der Waals surface area contributed by atoms with Crippen molar-refractivity contribution in [1.29, 1.82) is 0 Å². The van der Waals surface area contributed by atoms with Gasteiger partial charge in [-0.15, -0.1) is 0 Å². The van der Waals surface area contributed by atoms with Gasteiger partial charge in [-0.25, -0.2) is 0 Å². The second-order valence-electron chi connectivity index (χ2n) is 5.65. The van der Waals surface area contributed by atoms with Crippen LogP contribution in [-0.2, 0) is 14.3 Å². The summed E-state index contributed by atoms with van der Waals surface area (Å²) in [6.07, 6.45) is 0.482. The van der Waals surface area contributed by atoms with Crippen LogP contribution in [0.2, 0.25) is 0 Å². The molecule has 1 heterocycles. The van der Waals surface area contributed by atoms with E-state index in [0.717, 1.165) is 39.3 Å². The van der Waals surface area contributed by atoms with Crippen molar-refractivity contribution in [2.45, 2.75) is 27.2 Å². The molecule has 0 spiro atoms. The lowest BCUT2D eigenvalue weighted by Gasteiger charge is -2.34. The number of rotatable bonds is 9. The third-order valence-corrected chi connectivity index (χ3v) is 3.46. The Morgan fingerprint density at radius 1 is 1.05 bits per heavy atom. The molecular weight excluding hydrogens is 256 g/mol. The van der Waals surface area contributed by atoms with E-state index in [4.69, 9.17) is 9.47 Å². The van der Waals surface area contributed by atoms with Crippen LogP contribution in [0, 0.1) is 5.92 Å². The Labute approximate surface area is 123 Å². The van der Waals surface area contributed by atoms with Crippen LogP contribution in [0.25, 0.3) is 0 Å². The molecule has 0 atom stereocenters. The van der Waals surface area contributed by atoms with Crippen LogP contribution < -0.4 is 0 Å². The number of carbonyl (C=O) groups excluding carboxylic acids is 1. The first-order valence-electron chi connectivity index (χ1n) is 7.79. The van der Waals surface area contributed by atoms with Gasteiger partial charge in [-0.1, -0.05) is 20.8 Å². The van der Waals surface area contributed by atoms with Crippen LogP contribution in [0.1, 0.15) is 27.2 Å². The summed E-state index contributed by atoms with van der Waals surface area (Å²) in [6.45, 7) is 13.6. The third kappa shape index (κ3) is 7.22. The zero-order valence-electron chi connectivity index (χ0n) is 13.3. The highest BCUT2D eigenvalue weighted by Crippen LogP contribution is 2.03. The van der Waals surface area contributed by atoms with Crippen LogP contribution in [-0.4, -0.2) is 74.9 Å². The first kappa shape index (κ1) is 17.4. The number of nitrogens with zero attached hydrogens (tertiary/aromatic N) is 2. The Kier molecular flexibility index (Phi) is 8.82. The van der Waals surface area contributed by atoms with Crippen molar-refractivity contribution in [1.82, 2.24) is 9.80 Å². The van der Waals surface area contributed by atoms with Crippen molar-refractivity contribution in [2.75, 3.05) is 59.2 Å². The average Bonchev–Trinajstić information content (AvgIpc) is 2.45. The number of amides is 1. The van der Waals surface area contributed by atoms with Gasteiger partial charge in [0.15, 0.2) is 0 Å². The summed E-state index contributed by atoms with van der Waals surface area (Å²) in [4.78, 5) is 16.3. The lowest BCUT2D eigenvalue weighted by atomic mass is 10.2. The second kappa shape index (κ2) is 10.1. The van der Waals surface area contributed by atoms with Gasteiger partial charge < -0.3 is 19.3 Å². The SMILES string of the molecule is CCN1CCN(C(=O)CCOCCOCC(C)C)CC1. The van der Waals surface area contributed by atoms with Crippen LogP contribution >= 0.6 is 0 Å². The molecule has 1 amide bonds. The summed E-state index contributed by atoms with van der Waals surface area (Å²) < 4.78 is 10.9. The monoisotopic (exact) mass is 286 g/mol. The van der Waals surface area contributed by atoms with Crippen LogP contribution in [0.15, 0.2) is 0 Å². The van der Waals surface area contributed by atoms with Gasteiger partial charge in [0, 0.05) is 32.8 Å². The first-order chi connectivity index (χ1) is 9.63. The molecule has 20 heavy (non-hydrogen) atoms. The van der Waals surface area contributed by atoms with Crippen molar-refractivity contribution in [3.63, 3.8) is 0 Å². The van der Waals surface area contributed by atoms with Gasteiger partial charge in [0.1, 0.15) is 0 Å². The highest BCUT2D eigenvalue weighted by molar-refractivity contribution is 5.76. The molecule has 1 aliphatic heterocycles. The van der Waals surface area contributed by atoms with E-state index in [9.17, 15) is 4.79 Å². The third-order valence-electron chi connectivity index (χ3n) is 3.46. The molecule has 0 radical (unpaired) electrons. The maximum Gasteiger partial charge on any atom is 0.224 e. The smallest absolute Gasteiger partial charge is 0.224 e. The van der Waals surface area contributed by atoms with Gasteiger partial charge in [0.25, 0.3) is 0 Å². The number of ether oxygens (including phenoxy) is 2. The average molecular weight is 286 g/mol. The van der Waals surface area contributed by atoms with Crippen molar-refractivity contribution in [2.24, 2.45) is 5.92 Å². The number of carbonyl (C=O) groups is 1. The minimum absolute atomic E-state index is 0.212. The molecule has 0 bridgehead atoms. The molecule has 0 unspecified atom stereocenters. The Bertz CT molecular complexity index is 264. The molecule has 0 N–H and O–H groups in total. The highest BCUT2D eigenvalue weighted by atomic mass is 16.5. The number of hydrogen-bond acceptors (Lipinski definition) is 4. The fourth-order valence-electron chi connectivity index (χ4n) is 2.17. The molecular formula is C15H30N2O3. The van der Waals surface area contributed by atoms with E-state index in [-0.39, 0.29) is 5.91 Å². The fraction of sp³-hybridized carbons (Fsp3) is 0.933. The summed E-state index contributed by atoms with van der Waals surface area (Å²) in [5.74, 6) is 0.766. The predicted molar refractivity (Wildman–Crippen MR) is 79.8 cm³/mol. The summed E-state index contributed by atoms with van der Waals surface area (Å²) >= 11 is 0. The predicted octanol–water partition coefficient (Wildman–Crippen LogP) is 1.23. The maximum atomic E-state index is 12.0. The molecule has 0 aliphatic carbocycles. The normalized spacial score (nSPS) is 16.9. The van der Waals surface area contributed by atoms with E-state index in [2.05, 4.69) is 25.7 Å². The van der Waals surface area contributed by atoms with E-state index in [1.807, 2.05) is 4.90 Å². The zero-order valence-corrected chi connectivity index (χ0v) is 13.3. The van der Waals surface area contributed by atoms with Gasteiger partial charge >= 0.3 is 0 Å². The summed E-state index contributed by atoms with van der Waals surface area (Å²) in [6, 6.07) is 0. The molecule has 0 saturated carbocycles. The van der Waals surface area contributed by atoms with Crippen molar-refractivity contribution >= 4 is 5.91 Å². The topological polar surface area (TPSA) is 42.0 Å². The Morgan fingerprint density at radius 2 is 1.70 bits per heavy atom. The molecule has 1 aliphatic rings. The Balaban J connectivity index is 1.98. The minimum Gasteiger partial charge on any atom is -0.379 e.